The van der Waals surface area contributed by atoms with Crippen molar-refractivity contribution in [2.75, 3.05) is 0 Å². The summed E-state index contributed by atoms with van der Waals surface area (Å²) in [5, 5.41) is 2.90. The quantitative estimate of drug-likeness (QED) is 0.614. The molecule has 0 rings (SSSR count). The van der Waals surface area contributed by atoms with E-state index in [1.54, 1.807) is 0 Å². The Morgan fingerprint density at radius 3 is 2.00 bits per heavy atom. The zero-order valence-electron chi connectivity index (χ0n) is 8.77. The normalized spacial score (nSPS) is 14.6. The van der Waals surface area contributed by atoms with Crippen LogP contribution < -0.4 is 11.1 Å². The lowest BCUT2D eigenvalue weighted by Crippen LogP contribution is -2.71. The largest absolute Gasteiger partial charge is 0.347 e. The minimum Gasteiger partial charge on any atom is -0.347 e. The van der Waals surface area contributed by atoms with E-state index in [2.05, 4.69) is 11.1 Å². The summed E-state index contributed by atoms with van der Waals surface area (Å²) in [6.45, 7) is 9.91. The Hall–Kier alpha value is -0.570. The maximum atomic E-state index is 11.4. The van der Waals surface area contributed by atoms with Crippen LogP contribution in [-0.4, -0.2) is 17.5 Å². The van der Waals surface area contributed by atoms with E-state index in [9.17, 15) is 4.79 Å². The van der Waals surface area contributed by atoms with Gasteiger partial charge in [-0.2, -0.15) is 0 Å². The van der Waals surface area contributed by atoms with Gasteiger partial charge in [-0.1, -0.05) is 13.8 Å². The molecular weight excluding hydrogens is 152 g/mol. The van der Waals surface area contributed by atoms with Crippen molar-refractivity contribution in [3.8, 4) is 0 Å². The average Bonchev–Trinajstić information content (AvgIpc) is 1.82. The van der Waals surface area contributed by atoms with Gasteiger partial charge in [-0.15, -0.1) is 0 Å². The van der Waals surface area contributed by atoms with Crippen molar-refractivity contribution in [1.29, 1.82) is 0 Å². The number of carbonyl (C=O) groups is 1. The van der Waals surface area contributed by atoms with Gasteiger partial charge in [0.1, 0.15) is 0 Å². The molecule has 72 valence electrons. The predicted molar refractivity (Wildman–Crippen MR) is 49.4 cm³/mol. The van der Waals surface area contributed by atoms with Crippen molar-refractivity contribution in [3.05, 3.63) is 0 Å². The van der Waals surface area contributed by atoms with Crippen molar-refractivity contribution in [2.24, 2.45) is 5.92 Å². The molecule has 0 saturated carbocycles. The van der Waals surface area contributed by atoms with E-state index in [0.29, 0.717) is 5.92 Å². The molecule has 0 aliphatic rings. The molecule has 0 aromatic rings. The van der Waals surface area contributed by atoms with Gasteiger partial charge in [0.25, 0.3) is 5.91 Å². The molecule has 1 amide bonds. The molecule has 3 heteroatoms. The fourth-order valence-electron chi connectivity index (χ4n) is 0.765. The Bertz CT molecular complexity index is 158. The number of nitrogens with one attached hydrogen (secondary N) is 1. The van der Waals surface area contributed by atoms with E-state index in [1.165, 1.54) is 0 Å². The van der Waals surface area contributed by atoms with Gasteiger partial charge in [0.05, 0.1) is 0 Å². The lowest BCUT2D eigenvalue weighted by atomic mass is 10.0. The second-order valence-electron chi connectivity index (χ2n) is 4.59. The Balaban J connectivity index is 4.05. The van der Waals surface area contributed by atoms with Crippen molar-refractivity contribution in [2.45, 2.75) is 46.2 Å². The maximum absolute atomic E-state index is 11.4. The second-order valence-corrected chi connectivity index (χ2v) is 4.59. The molecule has 0 radical (unpaired) electrons. The molecule has 12 heavy (non-hydrogen) atoms. The molecule has 0 unspecified atom stereocenters. The molecule has 0 bridgehead atoms. The zero-order chi connectivity index (χ0) is 9.94. The van der Waals surface area contributed by atoms with Gasteiger partial charge in [0.2, 0.25) is 0 Å². The lowest BCUT2D eigenvalue weighted by Gasteiger charge is -2.22. The third kappa shape index (κ3) is 4.34. The van der Waals surface area contributed by atoms with Gasteiger partial charge in [-0.25, -0.2) is 0 Å². The first-order valence-electron chi connectivity index (χ1n) is 4.39. The van der Waals surface area contributed by atoms with Gasteiger partial charge in [-0.3, -0.25) is 4.79 Å². The fraction of sp³-hybridized carbons (Fsp3) is 0.889. The number of carbonyl (C=O) groups excluding carboxylic acids is 1. The number of hydrogen-bond acceptors (Lipinski definition) is 1. The van der Waals surface area contributed by atoms with Crippen molar-refractivity contribution in [3.63, 3.8) is 0 Å². The standard InChI is InChI=1S/C9H20N2O/c1-6(2)7(10)8(12)11-9(3,4)5/h6-7H,10H2,1-5H3,(H,11,12)/p+1/t7-/m0/s1. The van der Waals surface area contributed by atoms with Gasteiger partial charge in [0.15, 0.2) is 6.04 Å². The topological polar surface area (TPSA) is 56.7 Å². The van der Waals surface area contributed by atoms with Crippen molar-refractivity contribution in [1.82, 2.24) is 5.32 Å². The van der Waals surface area contributed by atoms with Crippen LogP contribution in [0, 0.1) is 5.92 Å². The highest BCUT2D eigenvalue weighted by Crippen LogP contribution is 2.02. The van der Waals surface area contributed by atoms with Crippen LogP contribution in [0.4, 0.5) is 0 Å². The van der Waals surface area contributed by atoms with Gasteiger partial charge in [-0.05, 0) is 20.8 Å². The van der Waals surface area contributed by atoms with Crippen molar-refractivity contribution < 1.29 is 10.5 Å². The second kappa shape index (κ2) is 3.90. The minimum absolute atomic E-state index is 0.0394. The Kier molecular flexibility index (Phi) is 3.71. The van der Waals surface area contributed by atoms with Crippen LogP contribution in [0.15, 0.2) is 0 Å². The van der Waals surface area contributed by atoms with Crippen LogP contribution in [0.25, 0.3) is 0 Å². The van der Waals surface area contributed by atoms with Crippen LogP contribution in [-0.2, 0) is 4.79 Å². The monoisotopic (exact) mass is 173 g/mol. The number of amides is 1. The molecular formula is C9H21N2O+. The molecule has 0 spiro atoms. The lowest BCUT2D eigenvalue weighted by molar-refractivity contribution is -0.414. The number of rotatable bonds is 2. The summed E-state index contributed by atoms with van der Waals surface area (Å²) in [4.78, 5) is 11.4. The highest BCUT2D eigenvalue weighted by Gasteiger charge is 2.24. The maximum Gasteiger partial charge on any atom is 0.278 e. The summed E-state index contributed by atoms with van der Waals surface area (Å²) in [6, 6.07) is -0.149. The Morgan fingerprint density at radius 1 is 1.33 bits per heavy atom. The highest BCUT2D eigenvalue weighted by molar-refractivity contribution is 5.80. The summed E-state index contributed by atoms with van der Waals surface area (Å²) in [6.07, 6.45) is 0. The summed E-state index contributed by atoms with van der Waals surface area (Å²) >= 11 is 0. The fourth-order valence-corrected chi connectivity index (χ4v) is 0.765. The van der Waals surface area contributed by atoms with Crippen LogP contribution in [0.5, 0.6) is 0 Å². The zero-order valence-corrected chi connectivity index (χ0v) is 8.77. The molecule has 1 atom stereocenters. The van der Waals surface area contributed by atoms with E-state index in [0.717, 1.165) is 0 Å². The molecule has 0 aliphatic carbocycles. The van der Waals surface area contributed by atoms with Crippen LogP contribution in [0.1, 0.15) is 34.6 Å². The molecule has 0 heterocycles. The Labute approximate surface area is 74.7 Å². The van der Waals surface area contributed by atoms with Gasteiger partial charge in [0, 0.05) is 11.5 Å². The molecule has 0 aliphatic heterocycles. The molecule has 0 saturated heterocycles. The highest BCUT2D eigenvalue weighted by atomic mass is 16.2. The summed E-state index contributed by atoms with van der Waals surface area (Å²) < 4.78 is 0. The van der Waals surface area contributed by atoms with E-state index >= 15 is 0 Å². The molecule has 0 fully saturated rings. The summed E-state index contributed by atoms with van der Waals surface area (Å²) in [5.41, 5.74) is 3.66. The van der Waals surface area contributed by atoms with Gasteiger partial charge >= 0.3 is 0 Å². The van der Waals surface area contributed by atoms with Gasteiger partial charge < -0.3 is 11.1 Å². The molecule has 0 aromatic carbocycles. The SMILES string of the molecule is CC(C)[C@H]([NH3+])C(=O)NC(C)(C)C. The Morgan fingerprint density at radius 2 is 1.75 bits per heavy atom. The third-order valence-electron chi connectivity index (χ3n) is 1.64. The van der Waals surface area contributed by atoms with E-state index < -0.39 is 0 Å². The van der Waals surface area contributed by atoms with Crippen molar-refractivity contribution >= 4 is 5.91 Å². The van der Waals surface area contributed by atoms with Crippen LogP contribution in [0.2, 0.25) is 0 Å². The summed E-state index contributed by atoms with van der Waals surface area (Å²) in [7, 11) is 0. The van der Waals surface area contributed by atoms with E-state index in [4.69, 9.17) is 0 Å². The predicted octanol–water partition coefficient (Wildman–Crippen LogP) is 0.168. The first-order valence-corrected chi connectivity index (χ1v) is 4.39. The summed E-state index contributed by atoms with van der Waals surface area (Å²) in [5.74, 6) is 0.338. The van der Waals surface area contributed by atoms with E-state index in [1.807, 2.05) is 34.6 Å². The first-order chi connectivity index (χ1) is 5.24. The first kappa shape index (κ1) is 11.4. The number of hydrogen-bond donors (Lipinski definition) is 2. The smallest absolute Gasteiger partial charge is 0.278 e. The van der Waals surface area contributed by atoms with Crippen LogP contribution >= 0.6 is 0 Å². The molecule has 3 nitrogen and oxygen atoms in total. The minimum atomic E-state index is -0.151. The van der Waals surface area contributed by atoms with E-state index in [-0.39, 0.29) is 17.5 Å². The third-order valence-corrected chi connectivity index (χ3v) is 1.64. The molecule has 0 aromatic heterocycles. The van der Waals surface area contributed by atoms with Crippen LogP contribution in [0.3, 0.4) is 0 Å². The molecule has 4 N–H and O–H groups in total. The number of quaternary nitrogens is 1. The average molecular weight is 173 g/mol.